The van der Waals surface area contributed by atoms with Gasteiger partial charge in [0, 0.05) is 0 Å². The predicted octanol–water partition coefficient (Wildman–Crippen LogP) is 0.839. The molecule has 0 saturated carbocycles. The highest BCUT2D eigenvalue weighted by Crippen LogP contribution is 2.26. The van der Waals surface area contributed by atoms with Gasteiger partial charge in [0.2, 0.25) is 0 Å². The minimum atomic E-state index is -2.70. The Balaban J connectivity index is 0. The molecule has 0 heterocycles. The van der Waals surface area contributed by atoms with E-state index in [1.165, 1.54) is 0 Å². The molecule has 0 aromatic carbocycles. The lowest BCUT2D eigenvalue weighted by atomic mass is 9.83. The smallest absolute Gasteiger partial charge is 0.332 e. The first-order valence-corrected chi connectivity index (χ1v) is 4.09. The Morgan fingerprint density at radius 2 is 1.33 bits per heavy atom. The van der Waals surface area contributed by atoms with Crippen molar-refractivity contribution in [3.63, 3.8) is 0 Å². The summed E-state index contributed by atoms with van der Waals surface area (Å²) < 4.78 is 0. The second-order valence-corrected chi connectivity index (χ2v) is 2.92. The number of carboxylic acids is 3. The molecule has 0 aromatic heterocycles. The third-order valence-corrected chi connectivity index (χ3v) is 2.00. The van der Waals surface area contributed by atoms with Crippen molar-refractivity contribution in [2.24, 2.45) is 5.41 Å². The molecule has 0 spiro atoms. The number of carboxylic acid groups (broad SMARTS) is 3. The number of aliphatic carboxylic acids is 3. The maximum atomic E-state index is 10.6. The maximum Gasteiger partial charge on any atom is 0.332 e. The fourth-order valence-corrected chi connectivity index (χ4v) is 1.04. The summed E-state index contributed by atoms with van der Waals surface area (Å²) in [5.74, 6) is -5.48. The molecule has 0 aliphatic carbocycles. The first kappa shape index (κ1) is 16.1. The third kappa shape index (κ3) is 3.09. The molecule has 0 saturated heterocycles. The van der Waals surface area contributed by atoms with Gasteiger partial charge in [-0.2, -0.15) is 0 Å². The Kier molecular flexibility index (Phi) is 6.71. The van der Waals surface area contributed by atoms with E-state index in [0.717, 1.165) is 0 Å². The molecule has 0 unspecified atom stereocenters. The molecule has 0 atom stereocenters. The van der Waals surface area contributed by atoms with E-state index in [4.69, 9.17) is 15.3 Å². The molecule has 0 bridgehead atoms. The molecule has 3 N–H and O–H groups in total. The Hall–Kier alpha value is -1.30. The van der Waals surface area contributed by atoms with Crippen LogP contribution in [0.5, 0.6) is 0 Å². The average molecular weight is 241 g/mol. The quantitative estimate of drug-likeness (QED) is 0.593. The van der Waals surface area contributed by atoms with E-state index < -0.39 is 29.7 Å². The lowest BCUT2D eigenvalue weighted by Gasteiger charge is -2.19. The summed E-state index contributed by atoms with van der Waals surface area (Å²) in [6, 6.07) is 0. The Labute approximate surface area is 92.3 Å². The number of carbonyl (C=O) groups is 3. The van der Waals surface area contributed by atoms with Crippen LogP contribution >= 0.6 is 12.4 Å². The van der Waals surface area contributed by atoms with Crippen molar-refractivity contribution in [2.75, 3.05) is 0 Å². The SMILES string of the molecule is CCCCC(C(=O)O)(C(=O)O)C(=O)O.Cl. The van der Waals surface area contributed by atoms with Gasteiger partial charge in [-0.25, -0.2) is 0 Å². The second kappa shape index (κ2) is 6.23. The van der Waals surface area contributed by atoms with Crippen LogP contribution in [0.25, 0.3) is 0 Å². The average Bonchev–Trinajstić information content (AvgIpc) is 2.03. The summed E-state index contributed by atoms with van der Waals surface area (Å²) in [6.07, 6.45) is 0.379. The molecule has 0 radical (unpaired) electrons. The topological polar surface area (TPSA) is 112 Å². The van der Waals surface area contributed by atoms with Crippen LogP contribution in [-0.4, -0.2) is 33.2 Å². The molecule has 6 nitrogen and oxygen atoms in total. The molecule has 0 amide bonds. The van der Waals surface area contributed by atoms with Crippen molar-refractivity contribution in [1.29, 1.82) is 0 Å². The van der Waals surface area contributed by atoms with E-state index >= 15 is 0 Å². The van der Waals surface area contributed by atoms with Crippen molar-refractivity contribution in [1.82, 2.24) is 0 Å². The monoisotopic (exact) mass is 240 g/mol. The van der Waals surface area contributed by atoms with Gasteiger partial charge in [-0.3, -0.25) is 14.4 Å². The highest BCUT2D eigenvalue weighted by atomic mass is 35.5. The molecule has 15 heavy (non-hydrogen) atoms. The minimum Gasteiger partial charge on any atom is -0.480 e. The predicted molar refractivity (Wildman–Crippen MR) is 52.1 cm³/mol. The highest BCUT2D eigenvalue weighted by molar-refractivity contribution is 6.16. The second-order valence-electron chi connectivity index (χ2n) is 2.92. The van der Waals surface area contributed by atoms with Crippen LogP contribution < -0.4 is 0 Å². The van der Waals surface area contributed by atoms with Gasteiger partial charge in [-0.05, 0) is 6.42 Å². The Morgan fingerprint density at radius 3 is 1.53 bits per heavy atom. The molecule has 0 fully saturated rings. The molecule has 0 aliphatic heterocycles. The van der Waals surface area contributed by atoms with Gasteiger partial charge in [0.1, 0.15) is 0 Å². The fraction of sp³-hybridized carbons (Fsp3) is 0.625. The highest BCUT2D eigenvalue weighted by Gasteiger charge is 2.53. The first-order chi connectivity index (χ1) is 6.39. The zero-order valence-corrected chi connectivity index (χ0v) is 8.91. The van der Waals surface area contributed by atoms with E-state index in [1.54, 1.807) is 6.92 Å². The van der Waals surface area contributed by atoms with Crippen molar-refractivity contribution in [2.45, 2.75) is 26.2 Å². The summed E-state index contributed by atoms with van der Waals surface area (Å²) >= 11 is 0. The van der Waals surface area contributed by atoms with E-state index in [0.29, 0.717) is 6.42 Å². The zero-order valence-electron chi connectivity index (χ0n) is 8.10. The molecule has 0 rings (SSSR count). The number of unbranched alkanes of at least 4 members (excludes halogenated alkanes) is 1. The van der Waals surface area contributed by atoms with Crippen LogP contribution in [-0.2, 0) is 14.4 Å². The van der Waals surface area contributed by atoms with Gasteiger partial charge in [-0.15, -0.1) is 12.4 Å². The maximum absolute atomic E-state index is 10.6. The summed E-state index contributed by atoms with van der Waals surface area (Å²) in [6.45, 7) is 1.72. The summed E-state index contributed by atoms with van der Waals surface area (Å²) in [5.41, 5.74) is -2.70. The molecule has 88 valence electrons. The summed E-state index contributed by atoms with van der Waals surface area (Å²) in [4.78, 5) is 31.9. The van der Waals surface area contributed by atoms with Crippen molar-refractivity contribution in [3.8, 4) is 0 Å². The van der Waals surface area contributed by atoms with Gasteiger partial charge in [-0.1, -0.05) is 19.8 Å². The third-order valence-electron chi connectivity index (χ3n) is 2.00. The van der Waals surface area contributed by atoms with E-state index in [-0.39, 0.29) is 18.8 Å². The standard InChI is InChI=1S/C8H12O6.ClH/c1-2-3-4-8(5(9)10,6(11)12)7(13)14;/h2-4H2,1H3,(H,9,10)(H,11,12)(H,13,14);1H. The normalized spacial score (nSPS) is 10.2. The Morgan fingerprint density at radius 1 is 1.00 bits per heavy atom. The van der Waals surface area contributed by atoms with E-state index in [1.807, 2.05) is 0 Å². The number of rotatable bonds is 6. The lowest BCUT2D eigenvalue weighted by molar-refractivity contribution is -0.176. The van der Waals surface area contributed by atoms with Crippen LogP contribution in [0.4, 0.5) is 0 Å². The first-order valence-electron chi connectivity index (χ1n) is 4.09. The fourth-order valence-electron chi connectivity index (χ4n) is 1.04. The van der Waals surface area contributed by atoms with Crippen LogP contribution in [0.3, 0.4) is 0 Å². The van der Waals surface area contributed by atoms with Crippen molar-refractivity contribution in [3.05, 3.63) is 0 Å². The largest absolute Gasteiger partial charge is 0.480 e. The van der Waals surface area contributed by atoms with Crippen LogP contribution in [0.2, 0.25) is 0 Å². The van der Waals surface area contributed by atoms with Crippen LogP contribution in [0.1, 0.15) is 26.2 Å². The van der Waals surface area contributed by atoms with Gasteiger partial charge in [0.05, 0.1) is 0 Å². The number of halogens is 1. The molecular formula is C8H13ClO6. The van der Waals surface area contributed by atoms with Crippen molar-refractivity contribution >= 4 is 30.3 Å². The van der Waals surface area contributed by atoms with Gasteiger partial charge >= 0.3 is 17.9 Å². The zero-order chi connectivity index (χ0) is 11.4. The molecular weight excluding hydrogens is 228 g/mol. The number of hydrogen-bond donors (Lipinski definition) is 3. The lowest BCUT2D eigenvalue weighted by Crippen LogP contribution is -2.46. The van der Waals surface area contributed by atoms with Crippen LogP contribution in [0.15, 0.2) is 0 Å². The van der Waals surface area contributed by atoms with E-state index in [9.17, 15) is 14.4 Å². The summed E-state index contributed by atoms with van der Waals surface area (Å²) in [5, 5.41) is 25.9. The Bertz CT molecular complexity index is 226. The van der Waals surface area contributed by atoms with Gasteiger partial charge in [0.15, 0.2) is 0 Å². The van der Waals surface area contributed by atoms with Gasteiger partial charge in [0.25, 0.3) is 5.41 Å². The summed E-state index contributed by atoms with van der Waals surface area (Å²) in [7, 11) is 0. The molecule has 0 aromatic rings. The minimum absolute atomic E-state index is 0. The number of hydrogen-bond acceptors (Lipinski definition) is 3. The van der Waals surface area contributed by atoms with Crippen LogP contribution in [0, 0.1) is 5.41 Å². The molecule has 7 heteroatoms. The van der Waals surface area contributed by atoms with E-state index in [2.05, 4.69) is 0 Å². The van der Waals surface area contributed by atoms with Gasteiger partial charge < -0.3 is 15.3 Å². The van der Waals surface area contributed by atoms with Crippen molar-refractivity contribution < 1.29 is 29.7 Å². The molecule has 0 aliphatic rings.